The Morgan fingerprint density at radius 3 is 2.13 bits per heavy atom. The first-order valence-electron chi connectivity index (χ1n) is 7.09. The average Bonchev–Trinajstić information content (AvgIpc) is 2.79. The van der Waals surface area contributed by atoms with Crippen LogP contribution in [-0.2, 0) is 4.79 Å². The van der Waals surface area contributed by atoms with Gasteiger partial charge in [0.15, 0.2) is 0 Å². The highest BCUT2D eigenvalue weighted by Gasteiger charge is 2.28. The smallest absolute Gasteiger partial charge is 0.265 e. The number of hydrogen-bond acceptors (Lipinski definition) is 4. The Balaban J connectivity index is 1.74. The van der Waals surface area contributed by atoms with Gasteiger partial charge >= 0.3 is 0 Å². The maximum absolute atomic E-state index is 12.0. The van der Waals surface area contributed by atoms with Crippen LogP contribution in [0.25, 0.3) is 6.08 Å². The van der Waals surface area contributed by atoms with Gasteiger partial charge in [0.2, 0.25) is 0 Å². The van der Waals surface area contributed by atoms with Gasteiger partial charge in [-0.3, -0.25) is 9.69 Å². The molecule has 0 bridgehead atoms. The molecular weight excluding hydrogens is 342 g/mol. The lowest BCUT2D eigenvalue weighted by Crippen LogP contribution is -2.22. The molecule has 5 heteroatoms. The molecule has 1 aliphatic rings. The summed E-state index contributed by atoms with van der Waals surface area (Å²) in [6.45, 7) is 2.09. The van der Waals surface area contributed by atoms with E-state index < -0.39 is 0 Å². The molecule has 1 aliphatic heterocycles. The Labute approximate surface area is 150 Å². The third-order valence-corrected chi connectivity index (χ3v) is 5.92. The molecule has 2 nitrogen and oxygen atoms in total. The molecule has 0 spiro atoms. The monoisotopic (exact) mass is 357 g/mol. The number of benzene rings is 2. The minimum Gasteiger partial charge on any atom is -0.296 e. The van der Waals surface area contributed by atoms with Crippen molar-refractivity contribution >= 4 is 52.0 Å². The van der Waals surface area contributed by atoms with Crippen LogP contribution < -0.4 is 0 Å². The van der Waals surface area contributed by atoms with E-state index >= 15 is 0 Å². The van der Waals surface area contributed by atoms with E-state index in [2.05, 4.69) is 43.3 Å². The maximum Gasteiger partial charge on any atom is 0.265 e. The summed E-state index contributed by atoms with van der Waals surface area (Å²) in [6.07, 6.45) is 1.89. The summed E-state index contributed by atoms with van der Waals surface area (Å²) >= 11 is 8.21. The summed E-state index contributed by atoms with van der Waals surface area (Å²) in [6, 6.07) is 16.7. The van der Waals surface area contributed by atoms with Gasteiger partial charge in [0, 0.05) is 16.8 Å². The van der Waals surface area contributed by atoms with E-state index in [1.165, 1.54) is 32.0 Å². The van der Waals surface area contributed by atoms with Gasteiger partial charge in [-0.2, -0.15) is 0 Å². The predicted molar refractivity (Wildman–Crippen MR) is 103 cm³/mol. The lowest BCUT2D eigenvalue weighted by Gasteiger charge is -2.04. The van der Waals surface area contributed by atoms with Gasteiger partial charge in [-0.25, -0.2) is 0 Å². The van der Waals surface area contributed by atoms with Crippen molar-refractivity contribution in [1.82, 2.24) is 4.90 Å². The molecular formula is C18H15NOS3. The van der Waals surface area contributed by atoms with Crippen LogP contribution in [-0.4, -0.2) is 22.2 Å². The van der Waals surface area contributed by atoms with Gasteiger partial charge < -0.3 is 0 Å². The molecule has 3 rings (SSSR count). The number of thioether (sulfide) groups is 1. The molecule has 0 aromatic heterocycles. The number of rotatable bonds is 3. The van der Waals surface area contributed by atoms with Crippen LogP contribution in [0.2, 0.25) is 0 Å². The van der Waals surface area contributed by atoms with Crippen LogP contribution in [0.3, 0.4) is 0 Å². The van der Waals surface area contributed by atoms with Gasteiger partial charge in [-0.1, -0.05) is 65.6 Å². The third kappa shape index (κ3) is 3.86. The molecule has 0 radical (unpaired) electrons. The molecule has 1 saturated heterocycles. The first-order chi connectivity index (χ1) is 11.0. The largest absolute Gasteiger partial charge is 0.296 e. The van der Waals surface area contributed by atoms with E-state index in [1.54, 1.807) is 18.8 Å². The summed E-state index contributed by atoms with van der Waals surface area (Å²) in [5, 5.41) is 0. The van der Waals surface area contributed by atoms with E-state index in [1.807, 2.05) is 18.2 Å². The van der Waals surface area contributed by atoms with Crippen LogP contribution in [0.5, 0.6) is 0 Å². The van der Waals surface area contributed by atoms with Gasteiger partial charge in [0.25, 0.3) is 5.91 Å². The Morgan fingerprint density at radius 1 is 1.04 bits per heavy atom. The van der Waals surface area contributed by atoms with Crippen LogP contribution >= 0.6 is 35.7 Å². The first kappa shape index (κ1) is 16.3. The molecule has 0 aliphatic carbocycles. The molecule has 0 atom stereocenters. The van der Waals surface area contributed by atoms with Crippen LogP contribution in [0, 0.1) is 6.92 Å². The van der Waals surface area contributed by atoms with Crippen LogP contribution in [0.1, 0.15) is 11.1 Å². The van der Waals surface area contributed by atoms with Gasteiger partial charge in [-0.05, 0) is 42.8 Å². The second-order valence-electron chi connectivity index (χ2n) is 5.22. The molecule has 2 aromatic rings. The van der Waals surface area contributed by atoms with Crippen LogP contribution in [0.15, 0.2) is 63.2 Å². The summed E-state index contributed by atoms with van der Waals surface area (Å²) in [5.74, 6) is -0.0295. The van der Waals surface area contributed by atoms with Gasteiger partial charge in [-0.15, -0.1) is 0 Å². The van der Waals surface area contributed by atoms with Gasteiger partial charge in [0.1, 0.15) is 4.32 Å². The van der Waals surface area contributed by atoms with E-state index in [9.17, 15) is 4.79 Å². The Kier molecular flexibility index (Phi) is 4.90. The van der Waals surface area contributed by atoms with Crippen molar-refractivity contribution in [3.05, 3.63) is 64.6 Å². The molecule has 0 N–H and O–H groups in total. The Hall–Kier alpha value is -1.56. The third-order valence-electron chi connectivity index (χ3n) is 3.42. The number of thiocarbonyl (C=S) groups is 1. The number of nitrogens with zero attached hydrogens (tertiary/aromatic N) is 1. The minimum atomic E-state index is -0.0295. The molecule has 23 heavy (non-hydrogen) atoms. The summed E-state index contributed by atoms with van der Waals surface area (Å²) in [5.41, 5.74) is 2.27. The Bertz CT molecular complexity index is 779. The second-order valence-corrected chi connectivity index (χ2v) is 8.05. The first-order valence-corrected chi connectivity index (χ1v) is 9.13. The van der Waals surface area contributed by atoms with E-state index in [4.69, 9.17) is 12.2 Å². The van der Waals surface area contributed by atoms with Crippen molar-refractivity contribution < 1.29 is 4.79 Å². The summed E-state index contributed by atoms with van der Waals surface area (Å²) in [4.78, 5) is 16.6. The molecule has 0 unspecified atom stereocenters. The lowest BCUT2D eigenvalue weighted by molar-refractivity contribution is -0.121. The zero-order valence-corrected chi connectivity index (χ0v) is 15.2. The normalized spacial score (nSPS) is 16.4. The number of hydrogen-bond donors (Lipinski definition) is 0. The molecule has 116 valence electrons. The number of carbonyl (C=O) groups excluding carboxylic acids is 1. The highest BCUT2D eigenvalue weighted by atomic mass is 32.2. The zero-order valence-electron chi connectivity index (χ0n) is 12.8. The maximum atomic E-state index is 12.0. The predicted octanol–water partition coefficient (Wildman–Crippen LogP) is 4.98. The van der Waals surface area contributed by atoms with Crippen molar-refractivity contribution in [1.29, 1.82) is 0 Å². The van der Waals surface area contributed by atoms with Crippen molar-refractivity contribution in [2.75, 3.05) is 7.05 Å². The zero-order chi connectivity index (χ0) is 16.4. The molecule has 2 aromatic carbocycles. The molecule has 1 fully saturated rings. The number of amides is 1. The van der Waals surface area contributed by atoms with Crippen molar-refractivity contribution in [3.63, 3.8) is 0 Å². The second kappa shape index (κ2) is 6.91. The fourth-order valence-corrected chi connectivity index (χ4v) is 4.07. The van der Waals surface area contributed by atoms with E-state index in [-0.39, 0.29) is 5.91 Å². The molecule has 0 saturated carbocycles. The summed E-state index contributed by atoms with van der Waals surface area (Å²) in [7, 11) is 1.71. The number of aryl methyl sites for hydroxylation is 1. The Morgan fingerprint density at radius 2 is 1.61 bits per heavy atom. The highest BCUT2D eigenvalue weighted by Crippen LogP contribution is 2.32. The topological polar surface area (TPSA) is 20.3 Å². The number of likely N-dealkylation sites (N-methyl/N-ethyl adjacent to an activating group) is 1. The molecule has 1 heterocycles. The summed E-state index contributed by atoms with van der Waals surface area (Å²) < 4.78 is 0.604. The van der Waals surface area contributed by atoms with Crippen LogP contribution in [0.4, 0.5) is 0 Å². The van der Waals surface area contributed by atoms with Gasteiger partial charge in [0.05, 0.1) is 4.91 Å². The lowest BCUT2D eigenvalue weighted by atomic mass is 10.2. The van der Waals surface area contributed by atoms with Crippen molar-refractivity contribution in [3.8, 4) is 0 Å². The van der Waals surface area contributed by atoms with Crippen molar-refractivity contribution in [2.45, 2.75) is 16.7 Å². The SMILES string of the molecule is Cc1ccc(Sc2ccc(/C=C3/SC(=S)N(C)C3=O)cc2)cc1. The quantitative estimate of drug-likeness (QED) is 0.570. The number of carbonyl (C=O) groups is 1. The highest BCUT2D eigenvalue weighted by molar-refractivity contribution is 8.26. The minimum absolute atomic E-state index is 0.0295. The fraction of sp³-hybridized carbons (Fsp3) is 0.111. The standard InChI is InChI=1S/C18H15NOS3/c1-12-3-7-14(8-4-12)22-15-9-5-13(6-10-15)11-16-17(20)19(2)18(21)23-16/h3-11H,1-2H3/b16-11+. The van der Waals surface area contributed by atoms with E-state index in [0.29, 0.717) is 9.23 Å². The van der Waals surface area contributed by atoms with E-state index in [0.717, 1.165) is 5.56 Å². The average molecular weight is 358 g/mol. The molecule has 1 amide bonds. The van der Waals surface area contributed by atoms with Crippen molar-refractivity contribution in [2.24, 2.45) is 0 Å². The fourth-order valence-electron chi connectivity index (χ4n) is 2.07.